The smallest absolute Gasteiger partial charge is 0.316 e. The lowest BCUT2D eigenvalue weighted by Gasteiger charge is -2.20. The average Bonchev–Trinajstić information content (AvgIpc) is 2.85. The van der Waals surface area contributed by atoms with Crippen LogP contribution in [0, 0.1) is 21.7 Å². The lowest BCUT2D eigenvalue weighted by Crippen LogP contribution is -2.28. The first-order valence-corrected chi connectivity index (χ1v) is 28.6. The summed E-state index contributed by atoms with van der Waals surface area (Å²) in [5.74, 6) is 0.826. The van der Waals surface area contributed by atoms with Crippen molar-refractivity contribution in [2.45, 2.75) is 109 Å². The van der Waals surface area contributed by atoms with Gasteiger partial charge < -0.3 is 49.6 Å². The quantitative estimate of drug-likeness (QED) is 0.0290. The first kappa shape index (κ1) is 64.0. The molecule has 0 amide bonds. The second kappa shape index (κ2) is 26.1. The number of carbonyl (C=O) groups is 4. The minimum atomic E-state index is -0.536. The highest BCUT2D eigenvalue weighted by Crippen LogP contribution is 2.37. The van der Waals surface area contributed by atoms with Gasteiger partial charge in [-0.1, -0.05) is 64.1 Å². The zero-order chi connectivity index (χ0) is 63.1. The molecular formula is C72H76O14. The Morgan fingerprint density at radius 2 is 0.453 bits per heavy atom. The van der Waals surface area contributed by atoms with Crippen LogP contribution in [-0.2, 0) is 19.2 Å². The molecule has 10 aromatic carbocycles. The molecule has 10 rings (SSSR count). The zero-order valence-electron chi connectivity index (χ0n) is 50.8. The standard InChI is InChI=1S/C20H20O4.C20H20O3.C16H18O4.C16H18O3/c1-4-20(2,3)19(23)24-16-6-5-12-7-14-10-17(21)18(22)11-15(14)8-13(12)9-16;1-4-20(2,3)19(22)23-18-8-6-14-9-15-11-17(21)7-5-13(15)10-16(14)12-18;1-4-16(2,3)15(19)20-12-6-5-10-8-13(17)14(18)9-11(10)7-12;1-4-16(2,3)15(18)19-14-8-6-11-9-13(17)7-5-12(11)10-14/h5-11,21-22H,4H2,1-3H3;5-12,21H,4H2,1-3H3;5-9,17-18H,4H2,1-3H3;5-10,17H,4H2,1-3H3. The van der Waals surface area contributed by atoms with Crippen molar-refractivity contribution in [3.8, 4) is 57.5 Å². The predicted octanol–water partition coefficient (Wildman–Crippen LogP) is 17.3. The SMILES string of the molecule is CCC(C)(C)C(=O)Oc1ccc2cc(O)c(O)cc2c1.CCC(C)(C)C(=O)Oc1ccc2cc(O)ccc2c1.CCC(C)(C)C(=O)Oc1ccc2cc3cc(O)c(O)cc3cc2c1.CCC(C)(C)C(=O)Oc1ccc2cc3cc(O)ccc3cc2c1. The highest BCUT2D eigenvalue weighted by atomic mass is 16.5. The van der Waals surface area contributed by atoms with Crippen molar-refractivity contribution in [2.24, 2.45) is 21.7 Å². The Kier molecular flexibility index (Phi) is 19.5. The van der Waals surface area contributed by atoms with Crippen LogP contribution < -0.4 is 18.9 Å². The molecule has 0 radical (unpaired) electrons. The van der Waals surface area contributed by atoms with Gasteiger partial charge in [0.05, 0.1) is 21.7 Å². The van der Waals surface area contributed by atoms with Crippen molar-refractivity contribution in [1.82, 2.24) is 0 Å². The Morgan fingerprint density at radius 3 is 0.756 bits per heavy atom. The van der Waals surface area contributed by atoms with E-state index in [4.69, 9.17) is 18.9 Å². The number of hydrogen-bond donors (Lipinski definition) is 6. The molecule has 86 heavy (non-hydrogen) atoms. The molecule has 0 aliphatic carbocycles. The summed E-state index contributed by atoms with van der Waals surface area (Å²) in [6, 6.07) is 45.7. The predicted molar refractivity (Wildman–Crippen MR) is 340 cm³/mol. The van der Waals surface area contributed by atoms with Gasteiger partial charge in [-0.05, 0) is 267 Å². The number of phenols is 6. The molecule has 0 aliphatic rings. The van der Waals surface area contributed by atoms with Crippen LogP contribution in [0.5, 0.6) is 57.5 Å². The van der Waals surface area contributed by atoms with E-state index in [1.165, 1.54) is 24.3 Å². The number of hydrogen-bond acceptors (Lipinski definition) is 14. The fourth-order valence-electron chi connectivity index (χ4n) is 8.24. The second-order valence-electron chi connectivity index (χ2n) is 24.0. The average molecular weight is 1170 g/mol. The number of fused-ring (bicyclic) bond motifs is 6. The third kappa shape index (κ3) is 15.6. The van der Waals surface area contributed by atoms with Gasteiger partial charge in [-0.2, -0.15) is 0 Å². The molecule has 0 aromatic heterocycles. The van der Waals surface area contributed by atoms with E-state index in [0.717, 1.165) is 72.1 Å². The fraction of sp³-hybridized carbons (Fsp3) is 0.278. The van der Waals surface area contributed by atoms with Gasteiger partial charge in [0.25, 0.3) is 0 Å². The molecule has 14 heteroatoms. The monoisotopic (exact) mass is 1160 g/mol. The van der Waals surface area contributed by atoms with Gasteiger partial charge in [-0.25, -0.2) is 0 Å². The van der Waals surface area contributed by atoms with E-state index in [9.17, 15) is 49.8 Å². The first-order valence-electron chi connectivity index (χ1n) is 28.6. The summed E-state index contributed by atoms with van der Waals surface area (Å²) >= 11 is 0. The highest BCUT2D eigenvalue weighted by Gasteiger charge is 2.30. The van der Waals surface area contributed by atoms with Crippen molar-refractivity contribution < 1.29 is 68.8 Å². The molecule has 14 nitrogen and oxygen atoms in total. The number of phenolic OH excluding ortho intramolecular Hbond substituents is 6. The minimum absolute atomic E-state index is 0.144. The molecular weight excluding hydrogens is 1090 g/mol. The summed E-state index contributed by atoms with van der Waals surface area (Å²) in [6.07, 6.45) is 2.85. The lowest BCUT2D eigenvalue weighted by molar-refractivity contribution is -0.144. The van der Waals surface area contributed by atoms with E-state index in [0.29, 0.717) is 41.2 Å². The minimum Gasteiger partial charge on any atom is -0.508 e. The third-order valence-corrected chi connectivity index (χ3v) is 15.9. The van der Waals surface area contributed by atoms with Gasteiger partial charge >= 0.3 is 23.9 Å². The summed E-state index contributed by atoms with van der Waals surface area (Å²) in [5.41, 5.74) is -2.03. The van der Waals surface area contributed by atoms with Crippen molar-refractivity contribution >= 4 is 88.5 Å². The largest absolute Gasteiger partial charge is 0.508 e. The summed E-state index contributed by atoms with van der Waals surface area (Å²) in [6.45, 7) is 22.7. The molecule has 0 saturated carbocycles. The van der Waals surface area contributed by atoms with E-state index in [2.05, 4.69) is 0 Å². The number of rotatable bonds is 12. The molecule has 0 heterocycles. The van der Waals surface area contributed by atoms with Crippen molar-refractivity contribution in [1.29, 1.82) is 0 Å². The fourth-order valence-corrected chi connectivity index (χ4v) is 8.24. The van der Waals surface area contributed by atoms with Crippen molar-refractivity contribution in [3.05, 3.63) is 158 Å². The van der Waals surface area contributed by atoms with Crippen molar-refractivity contribution in [2.75, 3.05) is 0 Å². The number of carbonyl (C=O) groups excluding carboxylic acids is 4. The first-order chi connectivity index (χ1) is 40.4. The van der Waals surface area contributed by atoms with Crippen LogP contribution in [0.2, 0.25) is 0 Å². The van der Waals surface area contributed by atoms with Crippen LogP contribution in [0.25, 0.3) is 64.6 Å². The topological polar surface area (TPSA) is 227 Å². The molecule has 0 fully saturated rings. The van der Waals surface area contributed by atoms with Gasteiger partial charge in [-0.15, -0.1) is 0 Å². The lowest BCUT2D eigenvalue weighted by atomic mass is 9.91. The summed E-state index contributed by atoms with van der Waals surface area (Å²) < 4.78 is 21.8. The van der Waals surface area contributed by atoms with Gasteiger partial charge in [0.1, 0.15) is 34.5 Å². The number of aromatic hydroxyl groups is 6. The van der Waals surface area contributed by atoms with Crippen LogP contribution in [0.4, 0.5) is 0 Å². The Bertz CT molecular complexity index is 4170. The second-order valence-corrected chi connectivity index (χ2v) is 24.0. The normalized spacial score (nSPS) is 11.7. The van der Waals surface area contributed by atoms with Gasteiger partial charge in [0.2, 0.25) is 0 Å². The maximum atomic E-state index is 12.2. The van der Waals surface area contributed by atoms with E-state index < -0.39 is 21.7 Å². The molecule has 0 aliphatic heterocycles. The Balaban J connectivity index is 0.000000165. The van der Waals surface area contributed by atoms with Crippen LogP contribution in [0.1, 0.15) is 109 Å². The van der Waals surface area contributed by atoms with Gasteiger partial charge in [0, 0.05) is 0 Å². The van der Waals surface area contributed by atoms with Crippen LogP contribution in [-0.4, -0.2) is 54.5 Å². The highest BCUT2D eigenvalue weighted by molar-refractivity contribution is 6.01. The molecule has 6 N–H and O–H groups in total. The Morgan fingerprint density at radius 1 is 0.267 bits per heavy atom. The molecule has 0 saturated heterocycles. The van der Waals surface area contributed by atoms with E-state index in [1.54, 1.807) is 72.8 Å². The zero-order valence-corrected chi connectivity index (χ0v) is 50.8. The van der Waals surface area contributed by atoms with E-state index >= 15 is 0 Å². The molecule has 0 spiro atoms. The van der Waals surface area contributed by atoms with Crippen molar-refractivity contribution in [3.63, 3.8) is 0 Å². The molecule has 0 atom stereocenters. The van der Waals surface area contributed by atoms with Crippen LogP contribution in [0.15, 0.2) is 158 Å². The van der Waals surface area contributed by atoms with E-state index in [1.807, 2.05) is 144 Å². The van der Waals surface area contributed by atoms with E-state index in [-0.39, 0.29) is 58.4 Å². The molecule has 10 aromatic rings. The molecule has 0 unspecified atom stereocenters. The van der Waals surface area contributed by atoms with Gasteiger partial charge in [0.15, 0.2) is 23.0 Å². The molecule has 0 bridgehead atoms. The summed E-state index contributed by atoms with van der Waals surface area (Å²) in [5, 5.41) is 68.0. The number of benzene rings is 10. The number of esters is 4. The summed E-state index contributed by atoms with van der Waals surface area (Å²) in [4.78, 5) is 48.4. The van der Waals surface area contributed by atoms with Crippen LogP contribution >= 0.6 is 0 Å². The Labute approximate surface area is 500 Å². The Hall–Kier alpha value is -9.56. The van der Waals surface area contributed by atoms with Crippen LogP contribution in [0.3, 0.4) is 0 Å². The number of ether oxygens (including phenoxy) is 4. The van der Waals surface area contributed by atoms with Gasteiger partial charge in [-0.3, -0.25) is 19.2 Å². The third-order valence-electron chi connectivity index (χ3n) is 15.9. The molecule has 448 valence electrons. The maximum Gasteiger partial charge on any atom is 0.316 e. The summed E-state index contributed by atoms with van der Waals surface area (Å²) in [7, 11) is 0. The maximum absolute atomic E-state index is 12.2.